The van der Waals surface area contributed by atoms with Crippen molar-refractivity contribution >= 4 is 38.5 Å². The van der Waals surface area contributed by atoms with Crippen molar-refractivity contribution in [2.45, 2.75) is 20.5 Å². The molecule has 1 N–H and O–H groups in total. The van der Waals surface area contributed by atoms with Crippen LogP contribution in [0.15, 0.2) is 27.3 Å². The molecule has 0 atom stereocenters. The molecule has 0 aliphatic heterocycles. The molecule has 2 nitrogen and oxygen atoms in total. The minimum atomic E-state index is -0.0419. The van der Waals surface area contributed by atoms with E-state index in [2.05, 4.69) is 15.9 Å². The molecule has 82 valence electrons. The standard InChI is InChI=1S/C9H6BrClO2.C2H6/c10-6-1-7-5(3-12)4-13-9(7)8(11)2-6;1-2/h1-2,4,12H,3H2;1-2H3. The summed E-state index contributed by atoms with van der Waals surface area (Å²) >= 11 is 9.25. The van der Waals surface area contributed by atoms with Gasteiger partial charge in [-0.15, -0.1) is 0 Å². The normalized spacial score (nSPS) is 9.93. The van der Waals surface area contributed by atoms with Crippen molar-refractivity contribution in [1.82, 2.24) is 0 Å². The Morgan fingerprint density at radius 2 is 2.07 bits per heavy atom. The minimum absolute atomic E-state index is 0.0419. The smallest absolute Gasteiger partial charge is 0.152 e. The molecule has 0 aliphatic carbocycles. The van der Waals surface area contributed by atoms with Crippen LogP contribution in [-0.4, -0.2) is 5.11 Å². The van der Waals surface area contributed by atoms with E-state index in [-0.39, 0.29) is 6.61 Å². The summed E-state index contributed by atoms with van der Waals surface area (Å²) in [5.41, 5.74) is 1.37. The molecular weight excluding hydrogens is 279 g/mol. The van der Waals surface area contributed by atoms with E-state index in [0.29, 0.717) is 10.6 Å². The maximum atomic E-state index is 8.99. The van der Waals surface area contributed by atoms with Gasteiger partial charge >= 0.3 is 0 Å². The number of furan rings is 1. The topological polar surface area (TPSA) is 33.4 Å². The number of aliphatic hydroxyl groups excluding tert-OH is 1. The van der Waals surface area contributed by atoms with Crippen molar-refractivity contribution in [2.24, 2.45) is 0 Å². The molecular formula is C11H12BrClO2. The third-order valence-corrected chi connectivity index (χ3v) is 2.58. The lowest BCUT2D eigenvalue weighted by atomic mass is 10.2. The first-order chi connectivity index (χ1) is 7.22. The fourth-order valence-electron chi connectivity index (χ4n) is 1.23. The highest BCUT2D eigenvalue weighted by Gasteiger charge is 2.09. The van der Waals surface area contributed by atoms with Crippen molar-refractivity contribution in [3.8, 4) is 0 Å². The van der Waals surface area contributed by atoms with Crippen LogP contribution in [0.1, 0.15) is 19.4 Å². The zero-order valence-electron chi connectivity index (χ0n) is 8.55. The number of halogens is 2. The van der Waals surface area contributed by atoms with Crippen LogP contribution in [0.3, 0.4) is 0 Å². The SMILES string of the molecule is CC.OCc1coc2c(Cl)cc(Br)cc12. The van der Waals surface area contributed by atoms with E-state index < -0.39 is 0 Å². The predicted molar refractivity (Wildman–Crippen MR) is 66.2 cm³/mol. The fraction of sp³-hybridized carbons (Fsp3) is 0.273. The Bertz CT molecular complexity index is 451. The highest BCUT2D eigenvalue weighted by molar-refractivity contribution is 9.10. The Balaban J connectivity index is 0.000000531. The number of hydrogen-bond acceptors (Lipinski definition) is 2. The molecule has 0 radical (unpaired) electrons. The van der Waals surface area contributed by atoms with Gasteiger partial charge in [0.1, 0.15) is 0 Å². The zero-order valence-corrected chi connectivity index (χ0v) is 10.9. The molecule has 4 heteroatoms. The average molecular weight is 292 g/mol. The second-order valence-corrected chi connectivity index (χ2v) is 4.01. The lowest BCUT2D eigenvalue weighted by molar-refractivity contribution is 0.281. The Kier molecular flexibility index (Phi) is 4.64. The summed E-state index contributed by atoms with van der Waals surface area (Å²) in [6, 6.07) is 3.63. The summed E-state index contributed by atoms with van der Waals surface area (Å²) in [5.74, 6) is 0. The van der Waals surface area contributed by atoms with Crippen LogP contribution < -0.4 is 0 Å². The molecule has 1 aromatic carbocycles. The highest BCUT2D eigenvalue weighted by atomic mass is 79.9. The highest BCUT2D eigenvalue weighted by Crippen LogP contribution is 2.31. The molecule has 1 aromatic heterocycles. The molecule has 0 saturated heterocycles. The van der Waals surface area contributed by atoms with E-state index in [1.54, 1.807) is 6.07 Å². The molecule has 0 unspecified atom stereocenters. The van der Waals surface area contributed by atoms with Gasteiger partial charge in [0.15, 0.2) is 5.58 Å². The molecule has 0 aliphatic rings. The number of aliphatic hydroxyl groups is 1. The van der Waals surface area contributed by atoms with Gasteiger partial charge < -0.3 is 9.52 Å². The van der Waals surface area contributed by atoms with Crippen LogP contribution in [0.25, 0.3) is 11.0 Å². The van der Waals surface area contributed by atoms with E-state index in [0.717, 1.165) is 15.4 Å². The Morgan fingerprint density at radius 3 is 2.67 bits per heavy atom. The molecule has 15 heavy (non-hydrogen) atoms. The molecule has 0 amide bonds. The number of rotatable bonds is 1. The van der Waals surface area contributed by atoms with Crippen LogP contribution in [-0.2, 0) is 6.61 Å². The largest absolute Gasteiger partial charge is 0.462 e. The number of benzene rings is 1. The van der Waals surface area contributed by atoms with Gasteiger partial charge in [0.05, 0.1) is 17.9 Å². The zero-order chi connectivity index (χ0) is 11.4. The van der Waals surface area contributed by atoms with Crippen molar-refractivity contribution < 1.29 is 9.52 Å². The summed E-state index contributed by atoms with van der Waals surface area (Å²) in [6.07, 6.45) is 1.52. The fourth-order valence-corrected chi connectivity index (χ4v) is 2.09. The maximum Gasteiger partial charge on any atom is 0.152 e. The number of fused-ring (bicyclic) bond motifs is 1. The summed E-state index contributed by atoms with van der Waals surface area (Å²) in [4.78, 5) is 0. The maximum absolute atomic E-state index is 8.99. The lowest BCUT2D eigenvalue weighted by Crippen LogP contribution is -1.78. The van der Waals surface area contributed by atoms with Crippen LogP contribution in [0, 0.1) is 0 Å². The molecule has 0 spiro atoms. The van der Waals surface area contributed by atoms with Gasteiger partial charge in [0.2, 0.25) is 0 Å². The summed E-state index contributed by atoms with van der Waals surface area (Å²) in [7, 11) is 0. The summed E-state index contributed by atoms with van der Waals surface area (Å²) in [5, 5.41) is 10.4. The lowest BCUT2D eigenvalue weighted by Gasteiger charge is -1.95. The Hall–Kier alpha value is -0.510. The van der Waals surface area contributed by atoms with Gasteiger partial charge in [-0.05, 0) is 12.1 Å². The van der Waals surface area contributed by atoms with E-state index in [1.165, 1.54) is 6.26 Å². The summed E-state index contributed by atoms with van der Waals surface area (Å²) in [6.45, 7) is 3.96. The van der Waals surface area contributed by atoms with Gasteiger partial charge in [0.25, 0.3) is 0 Å². The third kappa shape index (κ3) is 2.54. The Labute approximate surface area is 102 Å². The van der Waals surface area contributed by atoms with E-state index >= 15 is 0 Å². The van der Waals surface area contributed by atoms with E-state index in [4.69, 9.17) is 21.1 Å². The van der Waals surface area contributed by atoms with Gasteiger partial charge in [0, 0.05) is 15.4 Å². The summed E-state index contributed by atoms with van der Waals surface area (Å²) < 4.78 is 6.09. The number of hydrogen-bond donors (Lipinski definition) is 1. The molecule has 1 heterocycles. The second-order valence-electron chi connectivity index (χ2n) is 2.68. The minimum Gasteiger partial charge on any atom is -0.462 e. The monoisotopic (exact) mass is 290 g/mol. The van der Waals surface area contributed by atoms with E-state index in [9.17, 15) is 0 Å². The van der Waals surface area contributed by atoms with Crippen LogP contribution in [0.4, 0.5) is 0 Å². The Morgan fingerprint density at radius 1 is 1.40 bits per heavy atom. The second kappa shape index (κ2) is 5.54. The molecule has 0 saturated carbocycles. The van der Waals surface area contributed by atoms with E-state index in [1.807, 2.05) is 19.9 Å². The molecule has 2 rings (SSSR count). The predicted octanol–water partition coefficient (Wildman–Crippen LogP) is 4.37. The van der Waals surface area contributed by atoms with Crippen molar-refractivity contribution in [3.63, 3.8) is 0 Å². The third-order valence-electron chi connectivity index (χ3n) is 1.84. The van der Waals surface area contributed by atoms with Crippen molar-refractivity contribution in [3.05, 3.63) is 33.5 Å². The molecule has 2 aromatic rings. The quantitative estimate of drug-likeness (QED) is 0.846. The van der Waals surface area contributed by atoms with Gasteiger partial charge in [-0.2, -0.15) is 0 Å². The first-order valence-electron chi connectivity index (χ1n) is 4.68. The van der Waals surface area contributed by atoms with Gasteiger partial charge in [-0.1, -0.05) is 41.4 Å². The first kappa shape index (κ1) is 12.6. The van der Waals surface area contributed by atoms with Crippen LogP contribution in [0.5, 0.6) is 0 Å². The molecule has 0 fully saturated rings. The first-order valence-corrected chi connectivity index (χ1v) is 5.85. The van der Waals surface area contributed by atoms with Gasteiger partial charge in [-0.25, -0.2) is 0 Å². The van der Waals surface area contributed by atoms with Crippen molar-refractivity contribution in [2.75, 3.05) is 0 Å². The van der Waals surface area contributed by atoms with Crippen LogP contribution >= 0.6 is 27.5 Å². The molecule has 0 bridgehead atoms. The van der Waals surface area contributed by atoms with Crippen molar-refractivity contribution in [1.29, 1.82) is 0 Å². The average Bonchev–Trinajstić information content (AvgIpc) is 2.64. The van der Waals surface area contributed by atoms with Crippen LogP contribution in [0.2, 0.25) is 5.02 Å². The van der Waals surface area contributed by atoms with Gasteiger partial charge in [-0.3, -0.25) is 0 Å².